The van der Waals surface area contributed by atoms with Crippen LogP contribution in [0, 0.1) is 5.82 Å². The van der Waals surface area contributed by atoms with Crippen molar-refractivity contribution in [2.45, 2.75) is 0 Å². The topological polar surface area (TPSA) is 48.5 Å². The number of hydrogen-bond donors (Lipinski definition) is 1. The van der Waals surface area contributed by atoms with E-state index in [1.165, 1.54) is 12.1 Å². The Kier molecular flexibility index (Phi) is 4.52. The number of carbonyl (C=O) groups is 1. The largest absolute Gasteiger partial charge is 0.354 e. The second-order valence-electron chi connectivity index (χ2n) is 5.69. The van der Waals surface area contributed by atoms with Crippen LogP contribution in [0.5, 0.6) is 0 Å². The van der Waals surface area contributed by atoms with E-state index < -0.39 is 0 Å². The molecule has 1 N–H and O–H groups in total. The molecule has 1 amide bonds. The van der Waals surface area contributed by atoms with Gasteiger partial charge in [0.2, 0.25) is 0 Å². The second kappa shape index (κ2) is 6.75. The lowest BCUT2D eigenvalue weighted by Crippen LogP contribution is -2.47. The van der Waals surface area contributed by atoms with Gasteiger partial charge in [0.05, 0.1) is 17.4 Å². The Labute approximate surface area is 134 Å². The molecule has 1 fully saturated rings. The van der Waals surface area contributed by atoms with Crippen LogP contribution in [0.2, 0.25) is 0 Å². The van der Waals surface area contributed by atoms with E-state index >= 15 is 0 Å². The predicted octanol–water partition coefficient (Wildman–Crippen LogP) is 2.35. The maximum absolute atomic E-state index is 12.9. The summed E-state index contributed by atoms with van der Waals surface area (Å²) in [5.41, 5.74) is 2.01. The van der Waals surface area contributed by atoms with E-state index in [1.807, 2.05) is 4.90 Å². The fourth-order valence-corrected chi connectivity index (χ4v) is 2.52. The fourth-order valence-electron chi connectivity index (χ4n) is 2.52. The van der Waals surface area contributed by atoms with Crippen molar-refractivity contribution < 1.29 is 9.18 Å². The number of rotatable bonds is 3. The number of nitrogens with zero attached hydrogens (tertiary/aromatic N) is 3. The first-order valence-electron chi connectivity index (χ1n) is 7.57. The summed E-state index contributed by atoms with van der Waals surface area (Å²) in [5, 5.41) is 3.13. The van der Waals surface area contributed by atoms with E-state index in [-0.39, 0.29) is 11.7 Å². The summed E-state index contributed by atoms with van der Waals surface area (Å²) in [4.78, 5) is 20.7. The van der Waals surface area contributed by atoms with Gasteiger partial charge in [-0.1, -0.05) is 0 Å². The molecule has 0 aliphatic carbocycles. The van der Waals surface area contributed by atoms with Gasteiger partial charge in [-0.25, -0.2) is 4.39 Å². The molecule has 0 spiro atoms. The highest BCUT2D eigenvalue weighted by Gasteiger charge is 2.20. The van der Waals surface area contributed by atoms with Gasteiger partial charge in [-0.2, -0.15) is 0 Å². The first kappa shape index (κ1) is 15.4. The summed E-state index contributed by atoms with van der Waals surface area (Å²) in [5.74, 6) is -0.291. The molecule has 1 saturated heterocycles. The Morgan fingerprint density at radius 2 is 1.78 bits per heavy atom. The van der Waals surface area contributed by atoms with Gasteiger partial charge in [0.15, 0.2) is 0 Å². The lowest BCUT2D eigenvalue weighted by Gasteiger charge is -2.32. The zero-order chi connectivity index (χ0) is 16.2. The Morgan fingerprint density at radius 1 is 1.09 bits per heavy atom. The molecule has 6 heteroatoms. The number of likely N-dealkylation sites (N-methyl/N-ethyl adjacent to an activating group) is 1. The molecule has 0 atom stereocenters. The minimum Gasteiger partial charge on any atom is -0.354 e. The highest BCUT2D eigenvalue weighted by atomic mass is 19.1. The first-order valence-corrected chi connectivity index (χ1v) is 7.57. The van der Waals surface area contributed by atoms with Crippen LogP contribution in [0.15, 0.2) is 42.7 Å². The molecule has 0 bridgehead atoms. The number of hydrogen-bond acceptors (Lipinski definition) is 4. The van der Waals surface area contributed by atoms with E-state index in [0.29, 0.717) is 11.3 Å². The lowest BCUT2D eigenvalue weighted by atomic mass is 10.2. The van der Waals surface area contributed by atoms with Gasteiger partial charge in [0.25, 0.3) is 5.91 Å². The average molecular weight is 314 g/mol. The zero-order valence-electron chi connectivity index (χ0n) is 13.0. The molecule has 1 aromatic heterocycles. The molecule has 0 radical (unpaired) electrons. The van der Waals surface area contributed by atoms with Crippen molar-refractivity contribution in [2.24, 2.45) is 0 Å². The minimum atomic E-state index is -0.285. The summed E-state index contributed by atoms with van der Waals surface area (Å²) in [6.45, 7) is 3.22. The van der Waals surface area contributed by atoms with Crippen molar-refractivity contribution in [1.29, 1.82) is 0 Å². The summed E-state index contributed by atoms with van der Waals surface area (Å²) >= 11 is 0. The molecule has 0 saturated carbocycles. The van der Waals surface area contributed by atoms with Crippen LogP contribution in [0.3, 0.4) is 0 Å². The van der Waals surface area contributed by atoms with Crippen molar-refractivity contribution in [3.63, 3.8) is 0 Å². The molecule has 0 unspecified atom stereocenters. The molecular weight excluding hydrogens is 295 g/mol. The van der Waals surface area contributed by atoms with Gasteiger partial charge in [-0.3, -0.25) is 9.78 Å². The van der Waals surface area contributed by atoms with Crippen LogP contribution in [0.1, 0.15) is 10.4 Å². The number of pyridine rings is 1. The highest BCUT2D eigenvalue weighted by molar-refractivity contribution is 5.95. The van der Waals surface area contributed by atoms with Gasteiger partial charge in [-0.15, -0.1) is 0 Å². The third kappa shape index (κ3) is 3.84. The molecular formula is C17H19FN4O. The van der Waals surface area contributed by atoms with Crippen LogP contribution in [0.25, 0.3) is 0 Å². The summed E-state index contributed by atoms with van der Waals surface area (Å²) < 4.78 is 12.9. The number of aromatic nitrogens is 1. The first-order chi connectivity index (χ1) is 11.1. The van der Waals surface area contributed by atoms with Crippen molar-refractivity contribution >= 4 is 17.3 Å². The Bertz CT molecular complexity index is 681. The molecule has 23 heavy (non-hydrogen) atoms. The van der Waals surface area contributed by atoms with E-state index in [2.05, 4.69) is 22.2 Å². The zero-order valence-corrected chi connectivity index (χ0v) is 13.0. The number of nitrogens with one attached hydrogen (secondary N) is 1. The van der Waals surface area contributed by atoms with Crippen LogP contribution >= 0.6 is 0 Å². The molecule has 2 heterocycles. The van der Waals surface area contributed by atoms with Gasteiger partial charge < -0.3 is 15.1 Å². The maximum Gasteiger partial charge on any atom is 0.255 e. The fraction of sp³-hybridized carbons (Fsp3) is 0.294. The highest BCUT2D eigenvalue weighted by Crippen LogP contribution is 2.18. The number of benzene rings is 1. The number of piperazine rings is 1. The third-order valence-electron chi connectivity index (χ3n) is 3.91. The normalized spacial score (nSPS) is 15.5. The lowest BCUT2D eigenvalue weighted by molar-refractivity contribution is 0.0663. The smallest absolute Gasteiger partial charge is 0.255 e. The van der Waals surface area contributed by atoms with Crippen molar-refractivity contribution in [2.75, 3.05) is 38.5 Å². The molecule has 5 nitrogen and oxygen atoms in total. The second-order valence-corrected chi connectivity index (χ2v) is 5.69. The summed E-state index contributed by atoms with van der Waals surface area (Å²) in [7, 11) is 2.05. The number of halogens is 1. The Morgan fingerprint density at radius 3 is 2.48 bits per heavy atom. The third-order valence-corrected chi connectivity index (χ3v) is 3.91. The monoisotopic (exact) mass is 314 g/mol. The Balaban J connectivity index is 1.71. The average Bonchev–Trinajstić information content (AvgIpc) is 2.57. The molecule has 120 valence electrons. The summed E-state index contributed by atoms with van der Waals surface area (Å²) in [6.07, 6.45) is 3.22. The van der Waals surface area contributed by atoms with Crippen molar-refractivity contribution in [3.8, 4) is 0 Å². The van der Waals surface area contributed by atoms with Crippen LogP contribution in [0.4, 0.5) is 15.8 Å². The van der Waals surface area contributed by atoms with Crippen molar-refractivity contribution in [3.05, 3.63) is 54.1 Å². The maximum atomic E-state index is 12.9. The van der Waals surface area contributed by atoms with Crippen LogP contribution < -0.4 is 5.32 Å². The van der Waals surface area contributed by atoms with Gasteiger partial charge in [0.1, 0.15) is 5.82 Å². The number of carbonyl (C=O) groups excluding carboxylic acids is 1. The van der Waals surface area contributed by atoms with Gasteiger partial charge >= 0.3 is 0 Å². The molecule has 2 aromatic rings. The van der Waals surface area contributed by atoms with Crippen LogP contribution in [-0.4, -0.2) is 53.9 Å². The molecule has 1 aliphatic rings. The molecule has 1 aliphatic heterocycles. The predicted molar refractivity (Wildman–Crippen MR) is 87.3 cm³/mol. The van der Waals surface area contributed by atoms with E-state index in [9.17, 15) is 9.18 Å². The molecule has 3 rings (SSSR count). The summed E-state index contributed by atoms with van der Waals surface area (Å²) in [6, 6.07) is 7.83. The number of amides is 1. The minimum absolute atomic E-state index is 0.00615. The molecule has 1 aromatic carbocycles. The van der Waals surface area contributed by atoms with Gasteiger partial charge in [-0.05, 0) is 37.4 Å². The van der Waals surface area contributed by atoms with Gasteiger partial charge in [0, 0.05) is 38.1 Å². The van der Waals surface area contributed by atoms with Crippen LogP contribution in [-0.2, 0) is 0 Å². The van der Waals surface area contributed by atoms with E-state index in [1.54, 1.807) is 30.6 Å². The standard InChI is InChI=1S/C17H19FN4O/c1-21-6-8-22(9-7-21)17(23)13-10-16(12-19-11-13)20-15-4-2-14(18)3-5-15/h2-5,10-12,20H,6-9H2,1H3. The van der Waals surface area contributed by atoms with E-state index in [0.717, 1.165) is 31.9 Å². The SMILES string of the molecule is CN1CCN(C(=O)c2cncc(Nc3ccc(F)cc3)c2)CC1. The quantitative estimate of drug-likeness (QED) is 0.945. The number of anilines is 2. The van der Waals surface area contributed by atoms with Crippen molar-refractivity contribution in [1.82, 2.24) is 14.8 Å². The Hall–Kier alpha value is -2.47. The van der Waals surface area contributed by atoms with E-state index in [4.69, 9.17) is 0 Å².